The molecule has 0 aromatic heterocycles. The quantitative estimate of drug-likeness (QED) is 0.145. The smallest absolute Gasteiger partial charge is 0.191 e. The molecule has 0 heterocycles. The zero-order valence-corrected chi connectivity index (χ0v) is 22.9. The van der Waals surface area contributed by atoms with Crippen molar-refractivity contribution in [3.63, 3.8) is 0 Å². The van der Waals surface area contributed by atoms with Crippen molar-refractivity contribution in [2.24, 2.45) is 0 Å². The lowest BCUT2D eigenvalue weighted by Gasteiger charge is -2.36. The van der Waals surface area contributed by atoms with E-state index in [0.29, 0.717) is 0 Å². The molecule has 6 atom stereocenters. The molecule has 0 saturated carbocycles. The summed E-state index contributed by atoms with van der Waals surface area (Å²) in [6, 6.07) is 0. The Balaban J connectivity index is 3.97. The molecule has 0 aliphatic rings. The second-order valence-corrected chi connectivity index (χ2v) is 16.8. The molecule has 0 radical (unpaired) electrons. The molecule has 8 heteroatoms. The minimum Gasteiger partial charge on any atom is -0.417 e. The maximum absolute atomic E-state index is 10.2. The monoisotopic (exact) mass is 514 g/mol. The number of unbranched alkanes of at least 4 members (excludes halogenated alkanes) is 4. The molecule has 2 nitrogen and oxygen atoms in total. The molecule has 0 aliphatic heterocycles. The largest absolute Gasteiger partial charge is 0.417 e. The summed E-state index contributed by atoms with van der Waals surface area (Å²) in [5.74, 6) is 0. The molecular weight excluding hydrogens is 478 g/mol. The number of aliphatic hydroxyl groups excluding tert-OH is 1. The van der Waals surface area contributed by atoms with E-state index in [1.165, 1.54) is 0 Å². The van der Waals surface area contributed by atoms with Gasteiger partial charge in [0.15, 0.2) is 8.32 Å². The van der Waals surface area contributed by atoms with Crippen LogP contribution in [0.25, 0.3) is 0 Å². The summed E-state index contributed by atoms with van der Waals surface area (Å²) in [5.41, 5.74) is 0. The van der Waals surface area contributed by atoms with Crippen LogP contribution in [0.5, 0.6) is 0 Å². The third-order valence-corrected chi connectivity index (χ3v) is 13.1. The standard InChI is InChI=1S/C20H39Cl5O2Si/c1-14(21)16(23)19(26)18(25)17(24)15(22)12-10-8-7-9-11-13-27-28(5,6)20(2,3)4/h14-19,26H,7-13H2,1-6H3/t14-,15-,16-,17+,18-,19-/m1/s1. The minimum atomic E-state index is -1.63. The van der Waals surface area contributed by atoms with E-state index in [-0.39, 0.29) is 10.4 Å². The molecule has 1 N–H and O–H groups in total. The highest BCUT2D eigenvalue weighted by Gasteiger charge is 2.37. The number of rotatable bonds is 14. The van der Waals surface area contributed by atoms with Gasteiger partial charge in [0.05, 0.1) is 27.6 Å². The average molecular weight is 517 g/mol. The van der Waals surface area contributed by atoms with Crippen molar-refractivity contribution < 1.29 is 9.53 Å². The summed E-state index contributed by atoms with van der Waals surface area (Å²) in [6.07, 6.45) is 5.24. The van der Waals surface area contributed by atoms with E-state index in [2.05, 4.69) is 33.9 Å². The number of aliphatic hydroxyl groups is 1. The predicted octanol–water partition coefficient (Wildman–Crippen LogP) is 7.77. The molecule has 0 rings (SSSR count). The normalized spacial score (nSPS) is 19.7. The van der Waals surface area contributed by atoms with Crippen molar-refractivity contribution >= 4 is 66.3 Å². The molecule has 170 valence electrons. The van der Waals surface area contributed by atoms with E-state index in [4.69, 9.17) is 62.4 Å². The molecule has 0 saturated heterocycles. The maximum atomic E-state index is 10.2. The molecule has 28 heavy (non-hydrogen) atoms. The van der Waals surface area contributed by atoms with Crippen LogP contribution in [0, 0.1) is 0 Å². The van der Waals surface area contributed by atoms with E-state index >= 15 is 0 Å². The molecule has 0 aliphatic carbocycles. The van der Waals surface area contributed by atoms with Gasteiger partial charge in [-0.1, -0.05) is 46.5 Å². The van der Waals surface area contributed by atoms with Gasteiger partial charge in [0, 0.05) is 12.0 Å². The number of alkyl halides is 5. The van der Waals surface area contributed by atoms with Gasteiger partial charge in [-0.25, -0.2) is 0 Å². The predicted molar refractivity (Wildman–Crippen MR) is 131 cm³/mol. The highest BCUT2D eigenvalue weighted by molar-refractivity contribution is 6.74. The average Bonchev–Trinajstić information content (AvgIpc) is 2.59. The van der Waals surface area contributed by atoms with E-state index in [9.17, 15) is 5.11 Å². The van der Waals surface area contributed by atoms with Crippen molar-refractivity contribution in [2.45, 2.75) is 117 Å². The summed E-state index contributed by atoms with van der Waals surface area (Å²) in [7, 11) is -1.63. The Morgan fingerprint density at radius 3 is 1.82 bits per heavy atom. The first-order chi connectivity index (χ1) is 12.7. The zero-order valence-electron chi connectivity index (χ0n) is 18.2. The summed E-state index contributed by atoms with van der Waals surface area (Å²) in [5, 5.41) is 7.76. The van der Waals surface area contributed by atoms with Crippen LogP contribution in [0.4, 0.5) is 0 Å². The Hall–Kier alpha value is 1.59. The Morgan fingerprint density at radius 1 is 0.821 bits per heavy atom. The molecule has 0 spiro atoms. The van der Waals surface area contributed by atoms with E-state index in [0.717, 1.165) is 45.1 Å². The zero-order chi connectivity index (χ0) is 22.1. The van der Waals surface area contributed by atoms with Crippen LogP contribution >= 0.6 is 58.0 Å². The van der Waals surface area contributed by atoms with E-state index in [1.807, 2.05) is 0 Å². The Labute approximate surface area is 199 Å². The van der Waals surface area contributed by atoms with Crippen LogP contribution in [0.2, 0.25) is 18.1 Å². The van der Waals surface area contributed by atoms with Gasteiger partial charge in [-0.2, -0.15) is 0 Å². The van der Waals surface area contributed by atoms with Crippen molar-refractivity contribution in [1.29, 1.82) is 0 Å². The van der Waals surface area contributed by atoms with Crippen molar-refractivity contribution in [2.75, 3.05) is 6.61 Å². The van der Waals surface area contributed by atoms with Gasteiger partial charge in [0.25, 0.3) is 0 Å². The molecular formula is C20H39Cl5O2Si. The highest BCUT2D eigenvalue weighted by Crippen LogP contribution is 2.36. The molecule has 0 aromatic carbocycles. The Bertz CT molecular complexity index is 418. The lowest BCUT2D eigenvalue weighted by molar-refractivity contribution is 0.160. The first kappa shape index (κ1) is 29.6. The number of halogens is 5. The first-order valence-corrected chi connectivity index (χ1v) is 15.3. The van der Waals surface area contributed by atoms with Crippen molar-refractivity contribution in [3.8, 4) is 0 Å². The van der Waals surface area contributed by atoms with Crippen LogP contribution in [0.3, 0.4) is 0 Å². The van der Waals surface area contributed by atoms with Crippen LogP contribution in [-0.2, 0) is 4.43 Å². The minimum absolute atomic E-state index is 0.263. The summed E-state index contributed by atoms with van der Waals surface area (Å²) in [6.45, 7) is 13.9. The van der Waals surface area contributed by atoms with Crippen LogP contribution in [-0.4, -0.2) is 53.0 Å². The fourth-order valence-corrected chi connectivity index (χ4v) is 4.97. The molecule has 0 amide bonds. The third-order valence-electron chi connectivity index (χ3n) is 5.63. The van der Waals surface area contributed by atoms with Crippen LogP contribution in [0.1, 0.15) is 66.2 Å². The fraction of sp³-hybridized carbons (Fsp3) is 1.00. The maximum Gasteiger partial charge on any atom is 0.191 e. The number of hydrogen-bond donors (Lipinski definition) is 1. The first-order valence-electron chi connectivity index (χ1n) is 10.2. The van der Waals surface area contributed by atoms with Gasteiger partial charge in [-0.3, -0.25) is 0 Å². The van der Waals surface area contributed by atoms with Gasteiger partial charge in [0.1, 0.15) is 0 Å². The van der Waals surface area contributed by atoms with Gasteiger partial charge >= 0.3 is 0 Å². The Morgan fingerprint density at radius 2 is 1.32 bits per heavy atom. The molecule has 0 unspecified atom stereocenters. The van der Waals surface area contributed by atoms with Crippen LogP contribution < -0.4 is 0 Å². The molecule has 0 bridgehead atoms. The molecule has 0 fully saturated rings. The lowest BCUT2D eigenvalue weighted by Crippen LogP contribution is -2.42. The summed E-state index contributed by atoms with van der Waals surface area (Å²) in [4.78, 5) is 0. The van der Waals surface area contributed by atoms with Gasteiger partial charge in [-0.15, -0.1) is 58.0 Å². The summed E-state index contributed by atoms with van der Waals surface area (Å²) < 4.78 is 6.20. The van der Waals surface area contributed by atoms with Gasteiger partial charge in [0.2, 0.25) is 0 Å². The second-order valence-electron chi connectivity index (χ2n) is 9.18. The van der Waals surface area contributed by atoms with Crippen molar-refractivity contribution in [1.82, 2.24) is 0 Å². The number of hydrogen-bond acceptors (Lipinski definition) is 2. The van der Waals surface area contributed by atoms with Crippen LogP contribution in [0.15, 0.2) is 0 Å². The molecule has 0 aromatic rings. The third kappa shape index (κ3) is 10.8. The topological polar surface area (TPSA) is 29.5 Å². The lowest BCUT2D eigenvalue weighted by atomic mass is 10.0. The van der Waals surface area contributed by atoms with Crippen molar-refractivity contribution in [3.05, 3.63) is 0 Å². The van der Waals surface area contributed by atoms with E-state index in [1.54, 1.807) is 6.92 Å². The Kier molecular flexibility index (Phi) is 14.7. The SMILES string of the molecule is C[C@@H](Cl)[C@@H](Cl)[C@@H](O)[C@H](Cl)[C@@H](Cl)[C@H](Cl)CCCCCCCO[Si](C)(C)C(C)(C)C. The van der Waals surface area contributed by atoms with E-state index < -0.39 is 35.9 Å². The fourth-order valence-electron chi connectivity index (χ4n) is 2.51. The highest BCUT2D eigenvalue weighted by atomic mass is 35.5. The van der Waals surface area contributed by atoms with Gasteiger partial charge in [-0.05, 0) is 37.9 Å². The second kappa shape index (κ2) is 13.9. The summed E-state index contributed by atoms with van der Waals surface area (Å²) >= 11 is 31.0. The van der Waals surface area contributed by atoms with Gasteiger partial charge < -0.3 is 9.53 Å².